The third-order valence-corrected chi connectivity index (χ3v) is 7.92. The maximum absolute atomic E-state index is 12.8. The first kappa shape index (κ1) is 21.3. The van der Waals surface area contributed by atoms with E-state index in [2.05, 4.69) is 30.6 Å². The van der Waals surface area contributed by atoms with Gasteiger partial charge in [0.1, 0.15) is 0 Å². The monoisotopic (exact) mass is 419 g/mol. The van der Waals surface area contributed by atoms with Crippen LogP contribution in [-0.4, -0.2) is 84.7 Å². The molecule has 5 nitrogen and oxygen atoms in total. The molecule has 4 rings (SSSR count). The molecular formula is C23H37N3O2S. The number of nitrogens with zero attached hydrogens (tertiary/aromatic N) is 3. The number of amides is 1. The minimum Gasteiger partial charge on any atom is -0.375 e. The predicted octanol–water partition coefficient (Wildman–Crippen LogP) is 3.48. The van der Waals surface area contributed by atoms with Crippen LogP contribution in [0.1, 0.15) is 54.1 Å². The lowest BCUT2D eigenvalue weighted by molar-refractivity contribution is -0.132. The Hall–Kier alpha value is -0.950. The van der Waals surface area contributed by atoms with E-state index in [1.165, 1.54) is 37.6 Å². The lowest BCUT2D eigenvalue weighted by Crippen LogP contribution is -2.57. The first-order chi connectivity index (χ1) is 13.9. The minimum atomic E-state index is -0.0138. The number of carbonyl (C=O) groups is 1. The number of carbonyl (C=O) groups excluding carboxylic acids is 1. The van der Waals surface area contributed by atoms with Gasteiger partial charge in [-0.25, -0.2) is 0 Å². The van der Waals surface area contributed by atoms with E-state index in [1.54, 1.807) is 11.3 Å². The SMILES string of the molecule is Cc1ccc(C(=O)N2CCC3(CC2)CC(N2CCN(CC(C)C)CC2)CCO3)s1. The molecule has 0 aliphatic carbocycles. The quantitative estimate of drug-likeness (QED) is 0.749. The van der Waals surface area contributed by atoms with Gasteiger partial charge in [0.25, 0.3) is 5.91 Å². The van der Waals surface area contributed by atoms with Crippen LogP contribution in [0.4, 0.5) is 0 Å². The molecule has 3 aliphatic heterocycles. The predicted molar refractivity (Wildman–Crippen MR) is 119 cm³/mol. The van der Waals surface area contributed by atoms with Gasteiger partial charge in [0.2, 0.25) is 0 Å². The highest BCUT2D eigenvalue weighted by Gasteiger charge is 2.43. The number of likely N-dealkylation sites (tertiary alicyclic amines) is 1. The van der Waals surface area contributed by atoms with Crippen molar-refractivity contribution >= 4 is 17.2 Å². The van der Waals surface area contributed by atoms with Gasteiger partial charge in [0.15, 0.2) is 0 Å². The van der Waals surface area contributed by atoms with E-state index in [-0.39, 0.29) is 11.5 Å². The number of thiophene rings is 1. The van der Waals surface area contributed by atoms with Crippen LogP contribution in [0.3, 0.4) is 0 Å². The first-order valence-corrected chi connectivity index (χ1v) is 12.2. The van der Waals surface area contributed by atoms with Crippen molar-refractivity contribution in [1.82, 2.24) is 14.7 Å². The van der Waals surface area contributed by atoms with E-state index in [0.29, 0.717) is 6.04 Å². The highest BCUT2D eigenvalue weighted by molar-refractivity contribution is 7.13. The fourth-order valence-electron chi connectivity index (χ4n) is 5.31. The highest BCUT2D eigenvalue weighted by atomic mass is 32.1. The van der Waals surface area contributed by atoms with E-state index < -0.39 is 0 Å². The average Bonchev–Trinajstić information content (AvgIpc) is 3.15. The molecule has 4 heterocycles. The Morgan fingerprint density at radius 2 is 1.90 bits per heavy atom. The van der Waals surface area contributed by atoms with Crippen molar-refractivity contribution in [3.05, 3.63) is 21.9 Å². The van der Waals surface area contributed by atoms with Crippen LogP contribution >= 0.6 is 11.3 Å². The second-order valence-electron chi connectivity index (χ2n) is 9.61. The fraction of sp³-hybridized carbons (Fsp3) is 0.783. The van der Waals surface area contributed by atoms with Crippen LogP contribution in [0.25, 0.3) is 0 Å². The number of rotatable bonds is 4. The zero-order valence-electron chi connectivity index (χ0n) is 18.4. The van der Waals surface area contributed by atoms with Crippen molar-refractivity contribution in [3.8, 4) is 0 Å². The summed E-state index contributed by atoms with van der Waals surface area (Å²) in [5, 5.41) is 0. The molecule has 3 aliphatic rings. The van der Waals surface area contributed by atoms with Gasteiger partial charge in [-0.15, -0.1) is 11.3 Å². The van der Waals surface area contributed by atoms with Gasteiger partial charge in [-0.2, -0.15) is 0 Å². The topological polar surface area (TPSA) is 36.0 Å². The van der Waals surface area contributed by atoms with Crippen LogP contribution in [0.2, 0.25) is 0 Å². The highest BCUT2D eigenvalue weighted by Crippen LogP contribution is 2.37. The average molecular weight is 420 g/mol. The number of piperidine rings is 1. The Morgan fingerprint density at radius 1 is 1.17 bits per heavy atom. The van der Waals surface area contributed by atoms with Crippen molar-refractivity contribution in [3.63, 3.8) is 0 Å². The molecule has 0 saturated carbocycles. The molecule has 1 spiro atoms. The summed E-state index contributed by atoms with van der Waals surface area (Å²) in [6.07, 6.45) is 4.25. The smallest absolute Gasteiger partial charge is 0.263 e. The van der Waals surface area contributed by atoms with Crippen molar-refractivity contribution in [2.75, 3.05) is 52.4 Å². The molecule has 1 aromatic rings. The number of ether oxygens (including phenoxy) is 1. The van der Waals surface area contributed by atoms with Crippen LogP contribution < -0.4 is 0 Å². The summed E-state index contributed by atoms with van der Waals surface area (Å²) in [5.74, 6) is 0.950. The third kappa shape index (κ3) is 5.04. The van der Waals surface area contributed by atoms with Crippen molar-refractivity contribution in [2.24, 2.45) is 5.92 Å². The largest absolute Gasteiger partial charge is 0.375 e. The first-order valence-electron chi connectivity index (χ1n) is 11.4. The van der Waals surface area contributed by atoms with Crippen LogP contribution in [-0.2, 0) is 4.74 Å². The van der Waals surface area contributed by atoms with Gasteiger partial charge in [-0.05, 0) is 50.7 Å². The van der Waals surface area contributed by atoms with Gasteiger partial charge in [0.05, 0.1) is 10.5 Å². The van der Waals surface area contributed by atoms with Gasteiger partial charge in [-0.3, -0.25) is 9.69 Å². The van der Waals surface area contributed by atoms with Crippen molar-refractivity contribution in [1.29, 1.82) is 0 Å². The zero-order valence-corrected chi connectivity index (χ0v) is 19.2. The minimum absolute atomic E-state index is 0.0138. The Kier molecular flexibility index (Phi) is 6.64. The Balaban J connectivity index is 1.29. The van der Waals surface area contributed by atoms with Crippen LogP contribution in [0.15, 0.2) is 12.1 Å². The summed E-state index contributed by atoms with van der Waals surface area (Å²) in [4.78, 5) is 22.2. The summed E-state index contributed by atoms with van der Waals surface area (Å²) in [7, 11) is 0. The van der Waals surface area contributed by atoms with Gasteiger partial charge >= 0.3 is 0 Å². The molecule has 0 bridgehead atoms. The molecule has 1 amide bonds. The summed E-state index contributed by atoms with van der Waals surface area (Å²) in [5.41, 5.74) is -0.0138. The van der Waals surface area contributed by atoms with E-state index in [9.17, 15) is 4.79 Å². The van der Waals surface area contributed by atoms with E-state index in [1.807, 2.05) is 17.0 Å². The molecule has 1 unspecified atom stereocenters. The van der Waals surface area contributed by atoms with Crippen LogP contribution in [0.5, 0.6) is 0 Å². The molecule has 1 atom stereocenters. The molecule has 162 valence electrons. The van der Waals surface area contributed by atoms with E-state index >= 15 is 0 Å². The molecule has 3 fully saturated rings. The van der Waals surface area contributed by atoms with Gasteiger partial charge < -0.3 is 14.5 Å². The molecular weight excluding hydrogens is 382 g/mol. The molecule has 0 aromatic carbocycles. The van der Waals surface area contributed by atoms with Crippen molar-refractivity contribution in [2.45, 2.75) is 58.1 Å². The maximum Gasteiger partial charge on any atom is 0.263 e. The second-order valence-corrected chi connectivity index (χ2v) is 10.9. The fourth-order valence-corrected chi connectivity index (χ4v) is 6.15. The summed E-state index contributed by atoms with van der Waals surface area (Å²) in [6, 6.07) is 4.66. The summed E-state index contributed by atoms with van der Waals surface area (Å²) in [6.45, 7) is 15.2. The molecule has 1 aromatic heterocycles. The number of aryl methyl sites for hydroxylation is 1. The lowest BCUT2D eigenvalue weighted by Gasteiger charge is -2.49. The lowest BCUT2D eigenvalue weighted by atomic mass is 9.81. The number of hydrogen-bond acceptors (Lipinski definition) is 5. The zero-order chi connectivity index (χ0) is 20.4. The maximum atomic E-state index is 12.8. The molecule has 3 saturated heterocycles. The summed E-state index contributed by atoms with van der Waals surface area (Å²) < 4.78 is 6.37. The Morgan fingerprint density at radius 3 is 2.52 bits per heavy atom. The van der Waals surface area contributed by atoms with E-state index in [0.717, 1.165) is 56.2 Å². The van der Waals surface area contributed by atoms with Gasteiger partial charge in [-0.1, -0.05) is 13.8 Å². The normalized spacial score (nSPS) is 26.3. The third-order valence-electron chi connectivity index (χ3n) is 6.93. The Labute approximate surface area is 180 Å². The second kappa shape index (κ2) is 9.04. The molecule has 0 N–H and O–H groups in total. The number of hydrogen-bond donors (Lipinski definition) is 0. The summed E-state index contributed by atoms with van der Waals surface area (Å²) >= 11 is 1.61. The molecule has 29 heavy (non-hydrogen) atoms. The standard InChI is InChI=1S/C23H37N3O2S/c1-18(2)17-24-11-13-25(14-12-24)20-6-15-28-23(16-20)7-9-26(10-8-23)22(27)21-5-4-19(3)29-21/h4-5,18,20H,6-17H2,1-3H3. The molecule has 6 heteroatoms. The van der Waals surface area contributed by atoms with Crippen molar-refractivity contribution < 1.29 is 9.53 Å². The number of piperazine rings is 1. The Bertz CT molecular complexity index is 688. The van der Waals surface area contributed by atoms with Gasteiger partial charge in [0, 0.05) is 63.3 Å². The van der Waals surface area contributed by atoms with E-state index in [4.69, 9.17) is 4.74 Å². The van der Waals surface area contributed by atoms with Crippen LogP contribution in [0, 0.1) is 12.8 Å². The molecule has 0 radical (unpaired) electrons.